The molecule has 0 atom stereocenters. The number of carbonyl (C=O) groups excluding carboxylic acids is 2. The van der Waals surface area contributed by atoms with Crippen LogP contribution in [0.2, 0.25) is 0 Å². The van der Waals surface area contributed by atoms with Crippen molar-refractivity contribution in [3.8, 4) is 11.5 Å². The molecule has 2 aromatic rings. The number of phenols is 1. The van der Waals surface area contributed by atoms with E-state index in [-0.39, 0.29) is 23.7 Å². The number of nitrogens with one attached hydrogen (secondary N) is 2. The molecule has 0 saturated heterocycles. The van der Waals surface area contributed by atoms with Crippen LogP contribution in [0.15, 0.2) is 48.5 Å². The largest absolute Gasteiger partial charge is 0.508 e. The van der Waals surface area contributed by atoms with Crippen LogP contribution >= 0.6 is 0 Å². The van der Waals surface area contributed by atoms with Gasteiger partial charge in [-0.1, -0.05) is 12.1 Å². The molecule has 0 radical (unpaired) electrons. The summed E-state index contributed by atoms with van der Waals surface area (Å²) in [5, 5.41) is 9.25. The highest BCUT2D eigenvalue weighted by Crippen LogP contribution is 2.11. The summed E-state index contributed by atoms with van der Waals surface area (Å²) in [5.41, 5.74) is 4.50. The van der Waals surface area contributed by atoms with Gasteiger partial charge in [0.1, 0.15) is 17.3 Å². The van der Waals surface area contributed by atoms with E-state index < -0.39 is 17.6 Å². The van der Waals surface area contributed by atoms with Gasteiger partial charge in [0.15, 0.2) is 6.61 Å². The number of benzene rings is 2. The molecule has 114 valence electrons. The van der Waals surface area contributed by atoms with Crippen LogP contribution in [0.3, 0.4) is 0 Å². The summed E-state index contributed by atoms with van der Waals surface area (Å²) in [4.78, 5) is 23.2. The monoisotopic (exact) mass is 304 g/mol. The molecule has 2 aromatic carbocycles. The maximum Gasteiger partial charge on any atom is 0.276 e. The Morgan fingerprint density at radius 3 is 2.59 bits per heavy atom. The van der Waals surface area contributed by atoms with Crippen LogP contribution in [0, 0.1) is 5.82 Å². The number of carbonyl (C=O) groups is 2. The topological polar surface area (TPSA) is 87.7 Å². The van der Waals surface area contributed by atoms with Gasteiger partial charge in [-0.3, -0.25) is 20.4 Å². The molecule has 0 saturated carbocycles. The summed E-state index contributed by atoms with van der Waals surface area (Å²) < 4.78 is 18.0. The molecule has 2 rings (SSSR count). The first-order valence-electron chi connectivity index (χ1n) is 6.31. The van der Waals surface area contributed by atoms with Crippen molar-refractivity contribution in [3.63, 3.8) is 0 Å². The Kier molecular flexibility index (Phi) is 4.92. The summed E-state index contributed by atoms with van der Waals surface area (Å²) in [6, 6.07) is 11.0. The van der Waals surface area contributed by atoms with Gasteiger partial charge in [-0.05, 0) is 30.3 Å². The van der Waals surface area contributed by atoms with Gasteiger partial charge in [0, 0.05) is 11.6 Å². The van der Waals surface area contributed by atoms with Crippen LogP contribution < -0.4 is 15.6 Å². The maximum absolute atomic E-state index is 12.9. The number of hydrazine groups is 1. The predicted octanol–water partition coefficient (Wildman–Crippen LogP) is 1.37. The van der Waals surface area contributed by atoms with E-state index in [4.69, 9.17) is 4.74 Å². The molecule has 0 bridgehead atoms. The number of rotatable bonds is 4. The second kappa shape index (κ2) is 7.07. The van der Waals surface area contributed by atoms with Crippen molar-refractivity contribution in [2.24, 2.45) is 0 Å². The first-order valence-corrected chi connectivity index (χ1v) is 6.31. The van der Waals surface area contributed by atoms with Crippen molar-refractivity contribution in [2.75, 3.05) is 6.61 Å². The Morgan fingerprint density at radius 2 is 1.86 bits per heavy atom. The number of hydrogen-bond donors (Lipinski definition) is 3. The van der Waals surface area contributed by atoms with Crippen LogP contribution in [-0.4, -0.2) is 23.5 Å². The van der Waals surface area contributed by atoms with E-state index in [1.165, 1.54) is 42.5 Å². The highest BCUT2D eigenvalue weighted by molar-refractivity contribution is 5.95. The summed E-state index contributed by atoms with van der Waals surface area (Å²) in [7, 11) is 0. The lowest BCUT2D eigenvalue weighted by atomic mass is 10.2. The quantitative estimate of drug-likeness (QED) is 0.745. The Bertz CT molecular complexity index is 691. The summed E-state index contributed by atoms with van der Waals surface area (Å²) in [6.45, 7) is -0.385. The molecule has 0 aliphatic heterocycles. The van der Waals surface area contributed by atoms with Gasteiger partial charge in [0.05, 0.1) is 0 Å². The minimum Gasteiger partial charge on any atom is -0.508 e. The van der Waals surface area contributed by atoms with Crippen LogP contribution in [0.1, 0.15) is 10.4 Å². The average molecular weight is 304 g/mol. The number of phenolic OH excluding ortho intramolecular Hbond substituents is 1. The lowest BCUT2D eigenvalue weighted by Gasteiger charge is -2.09. The predicted molar refractivity (Wildman–Crippen MR) is 75.6 cm³/mol. The Labute approximate surface area is 125 Å². The zero-order valence-corrected chi connectivity index (χ0v) is 11.4. The molecule has 0 aromatic heterocycles. The molecule has 3 N–H and O–H groups in total. The SMILES string of the molecule is O=C(COc1cccc(F)c1)NNC(=O)c1cccc(O)c1. The van der Waals surface area contributed by atoms with Gasteiger partial charge in [-0.2, -0.15) is 0 Å². The van der Waals surface area contributed by atoms with Crippen molar-refractivity contribution < 1.29 is 23.8 Å². The third kappa shape index (κ3) is 4.48. The van der Waals surface area contributed by atoms with Gasteiger partial charge in [-0.25, -0.2) is 4.39 Å². The molecule has 0 aliphatic carbocycles. The molecule has 0 unspecified atom stereocenters. The minimum absolute atomic E-state index is 0.0617. The number of ether oxygens (including phenoxy) is 1. The van der Waals surface area contributed by atoms with E-state index in [1.807, 2.05) is 0 Å². The van der Waals surface area contributed by atoms with Crippen molar-refractivity contribution in [3.05, 3.63) is 59.9 Å². The highest BCUT2D eigenvalue weighted by Gasteiger charge is 2.08. The van der Waals surface area contributed by atoms with E-state index in [1.54, 1.807) is 0 Å². The average Bonchev–Trinajstić information content (AvgIpc) is 2.50. The second-order valence-electron chi connectivity index (χ2n) is 4.30. The fourth-order valence-corrected chi connectivity index (χ4v) is 1.59. The van der Waals surface area contributed by atoms with Gasteiger partial charge in [0.25, 0.3) is 11.8 Å². The summed E-state index contributed by atoms with van der Waals surface area (Å²) >= 11 is 0. The third-order valence-electron chi connectivity index (χ3n) is 2.59. The Hall–Kier alpha value is -3.09. The van der Waals surface area contributed by atoms with Crippen molar-refractivity contribution in [1.29, 1.82) is 0 Å². The number of amides is 2. The zero-order chi connectivity index (χ0) is 15.9. The summed E-state index contributed by atoms with van der Waals surface area (Å²) in [6.07, 6.45) is 0. The molecule has 0 aliphatic rings. The van der Waals surface area contributed by atoms with Crippen LogP contribution in [0.5, 0.6) is 11.5 Å². The van der Waals surface area contributed by atoms with Crippen LogP contribution in [0.4, 0.5) is 4.39 Å². The van der Waals surface area contributed by atoms with Gasteiger partial charge in [0.2, 0.25) is 0 Å². The van der Waals surface area contributed by atoms with Crippen LogP contribution in [-0.2, 0) is 4.79 Å². The number of halogens is 1. The Morgan fingerprint density at radius 1 is 1.09 bits per heavy atom. The standard InChI is InChI=1S/C15H13FN2O4/c16-11-4-2-6-13(8-11)22-9-14(20)17-18-15(21)10-3-1-5-12(19)7-10/h1-8,19H,9H2,(H,17,20)(H,18,21). The first-order chi connectivity index (χ1) is 10.5. The number of aromatic hydroxyl groups is 1. The lowest BCUT2D eigenvalue weighted by Crippen LogP contribution is -2.43. The maximum atomic E-state index is 12.9. The van der Waals surface area contributed by atoms with Crippen molar-refractivity contribution in [2.45, 2.75) is 0 Å². The van der Waals surface area contributed by atoms with E-state index in [0.29, 0.717) is 0 Å². The second-order valence-corrected chi connectivity index (χ2v) is 4.30. The van der Waals surface area contributed by atoms with E-state index >= 15 is 0 Å². The molecular weight excluding hydrogens is 291 g/mol. The van der Waals surface area contributed by atoms with Gasteiger partial charge < -0.3 is 9.84 Å². The molecule has 7 heteroatoms. The van der Waals surface area contributed by atoms with Gasteiger partial charge in [-0.15, -0.1) is 0 Å². The molecule has 0 heterocycles. The molecular formula is C15H13FN2O4. The normalized spacial score (nSPS) is 9.86. The fraction of sp³-hybridized carbons (Fsp3) is 0.0667. The molecule has 0 spiro atoms. The lowest BCUT2D eigenvalue weighted by molar-refractivity contribution is -0.123. The first kappa shape index (κ1) is 15.3. The zero-order valence-electron chi connectivity index (χ0n) is 11.4. The minimum atomic E-state index is -0.613. The molecule has 6 nitrogen and oxygen atoms in total. The smallest absolute Gasteiger partial charge is 0.276 e. The molecule has 0 fully saturated rings. The van der Waals surface area contributed by atoms with Crippen molar-refractivity contribution in [1.82, 2.24) is 10.9 Å². The molecule has 22 heavy (non-hydrogen) atoms. The summed E-state index contributed by atoms with van der Waals surface area (Å²) in [5.74, 6) is -1.54. The number of hydrogen-bond acceptors (Lipinski definition) is 4. The molecule has 2 amide bonds. The van der Waals surface area contributed by atoms with Crippen LogP contribution in [0.25, 0.3) is 0 Å². The Balaban J connectivity index is 1.79. The van der Waals surface area contributed by atoms with Crippen molar-refractivity contribution >= 4 is 11.8 Å². The van der Waals surface area contributed by atoms with E-state index in [9.17, 15) is 19.1 Å². The third-order valence-corrected chi connectivity index (χ3v) is 2.59. The van der Waals surface area contributed by atoms with E-state index in [2.05, 4.69) is 10.9 Å². The van der Waals surface area contributed by atoms with Gasteiger partial charge >= 0.3 is 0 Å². The highest BCUT2D eigenvalue weighted by atomic mass is 19.1. The van der Waals surface area contributed by atoms with E-state index in [0.717, 1.165) is 6.07 Å². The fourth-order valence-electron chi connectivity index (χ4n) is 1.59.